The van der Waals surface area contributed by atoms with E-state index >= 15 is 0 Å². The van der Waals surface area contributed by atoms with Crippen molar-refractivity contribution >= 4 is 11.7 Å². The molecule has 0 bridgehead atoms. The summed E-state index contributed by atoms with van der Waals surface area (Å²) in [7, 11) is 1.26. The SMILES string of the molecule is COc1cc([N+](=O)[O-])ccc1C(=O)O.O. The monoisotopic (exact) mass is 215 g/mol. The van der Waals surface area contributed by atoms with Crippen molar-refractivity contribution in [2.24, 2.45) is 0 Å². The van der Waals surface area contributed by atoms with Crippen LogP contribution in [0.4, 0.5) is 5.69 Å². The fraction of sp³-hybridized carbons (Fsp3) is 0.125. The van der Waals surface area contributed by atoms with Crippen molar-refractivity contribution in [2.45, 2.75) is 0 Å². The van der Waals surface area contributed by atoms with Gasteiger partial charge in [0.1, 0.15) is 11.3 Å². The normalized spacial score (nSPS) is 8.87. The van der Waals surface area contributed by atoms with Crippen molar-refractivity contribution in [3.8, 4) is 5.75 Å². The Morgan fingerprint density at radius 2 is 2.13 bits per heavy atom. The molecule has 0 spiro atoms. The lowest BCUT2D eigenvalue weighted by atomic mass is 10.2. The first-order valence-corrected chi connectivity index (χ1v) is 3.62. The van der Waals surface area contributed by atoms with Gasteiger partial charge in [-0.05, 0) is 6.07 Å². The standard InChI is InChI=1S/C8H7NO5.H2O/c1-14-7-4-5(9(12)13)2-3-6(7)8(10)11;/h2-4H,1H3,(H,10,11);1H2. The first-order valence-electron chi connectivity index (χ1n) is 3.62. The van der Waals surface area contributed by atoms with E-state index in [4.69, 9.17) is 9.84 Å². The van der Waals surface area contributed by atoms with Crippen LogP contribution in [0.25, 0.3) is 0 Å². The van der Waals surface area contributed by atoms with Gasteiger partial charge in [0.15, 0.2) is 0 Å². The van der Waals surface area contributed by atoms with Crippen molar-refractivity contribution < 1.29 is 25.0 Å². The molecule has 15 heavy (non-hydrogen) atoms. The average Bonchev–Trinajstić information content (AvgIpc) is 2.16. The predicted octanol–water partition coefficient (Wildman–Crippen LogP) is 0.477. The molecule has 0 radical (unpaired) electrons. The molecule has 1 aromatic rings. The van der Waals surface area contributed by atoms with Crippen LogP contribution in [-0.2, 0) is 0 Å². The van der Waals surface area contributed by atoms with E-state index in [9.17, 15) is 14.9 Å². The van der Waals surface area contributed by atoms with E-state index in [1.807, 2.05) is 0 Å². The Balaban J connectivity index is 0.00000196. The first-order chi connectivity index (χ1) is 6.56. The van der Waals surface area contributed by atoms with Crippen LogP contribution < -0.4 is 4.74 Å². The van der Waals surface area contributed by atoms with Crippen molar-refractivity contribution in [3.05, 3.63) is 33.9 Å². The number of non-ortho nitro benzene ring substituents is 1. The minimum atomic E-state index is -1.18. The lowest BCUT2D eigenvalue weighted by Gasteiger charge is -2.03. The third-order valence-corrected chi connectivity index (χ3v) is 1.63. The fourth-order valence-corrected chi connectivity index (χ4v) is 0.970. The number of hydrogen-bond donors (Lipinski definition) is 1. The highest BCUT2D eigenvalue weighted by Gasteiger charge is 2.15. The molecule has 3 N–H and O–H groups in total. The molecule has 7 heteroatoms. The van der Waals surface area contributed by atoms with Gasteiger partial charge in [-0.15, -0.1) is 0 Å². The molecule has 0 saturated heterocycles. The van der Waals surface area contributed by atoms with Crippen LogP contribution >= 0.6 is 0 Å². The van der Waals surface area contributed by atoms with Crippen molar-refractivity contribution in [3.63, 3.8) is 0 Å². The molecule has 1 aromatic carbocycles. The number of nitro benzene ring substituents is 1. The van der Waals surface area contributed by atoms with Gasteiger partial charge in [-0.25, -0.2) is 4.79 Å². The van der Waals surface area contributed by atoms with E-state index in [2.05, 4.69) is 0 Å². The summed E-state index contributed by atoms with van der Waals surface area (Å²) >= 11 is 0. The molecule has 1 rings (SSSR count). The summed E-state index contributed by atoms with van der Waals surface area (Å²) in [5.41, 5.74) is -0.301. The lowest BCUT2D eigenvalue weighted by Crippen LogP contribution is -2.01. The molecular weight excluding hydrogens is 206 g/mol. The summed E-state index contributed by atoms with van der Waals surface area (Å²) in [5, 5.41) is 19.0. The Labute approximate surface area is 84.4 Å². The summed E-state index contributed by atoms with van der Waals surface area (Å²) < 4.78 is 4.71. The molecule has 0 amide bonds. The number of carboxylic acid groups (broad SMARTS) is 1. The largest absolute Gasteiger partial charge is 0.496 e. The molecule has 0 fully saturated rings. The van der Waals surface area contributed by atoms with Crippen LogP contribution in [0.2, 0.25) is 0 Å². The average molecular weight is 215 g/mol. The molecular formula is C8H9NO6. The summed E-state index contributed by atoms with van der Waals surface area (Å²) in [5.74, 6) is -1.21. The number of benzene rings is 1. The molecule has 0 atom stereocenters. The second kappa shape index (κ2) is 4.91. The molecule has 7 nitrogen and oxygen atoms in total. The van der Waals surface area contributed by atoms with Gasteiger partial charge in [-0.1, -0.05) is 0 Å². The Bertz CT molecular complexity index is 389. The van der Waals surface area contributed by atoms with Crippen molar-refractivity contribution in [1.82, 2.24) is 0 Å². The van der Waals surface area contributed by atoms with Crippen LogP contribution in [0.15, 0.2) is 18.2 Å². The second-order valence-corrected chi connectivity index (χ2v) is 2.45. The number of hydrogen-bond acceptors (Lipinski definition) is 4. The van der Waals surface area contributed by atoms with E-state index in [1.165, 1.54) is 7.11 Å². The third kappa shape index (κ3) is 2.64. The Hall–Kier alpha value is -2.15. The van der Waals surface area contributed by atoms with E-state index in [0.717, 1.165) is 18.2 Å². The quantitative estimate of drug-likeness (QED) is 0.580. The van der Waals surface area contributed by atoms with Gasteiger partial charge in [0.05, 0.1) is 18.1 Å². The minimum Gasteiger partial charge on any atom is -0.496 e. The Kier molecular flexibility index (Phi) is 4.21. The van der Waals surface area contributed by atoms with Crippen LogP contribution in [-0.4, -0.2) is 28.6 Å². The fourth-order valence-electron chi connectivity index (χ4n) is 0.970. The van der Waals surface area contributed by atoms with Gasteiger partial charge in [0, 0.05) is 6.07 Å². The summed E-state index contributed by atoms with van der Waals surface area (Å²) in [6, 6.07) is 3.33. The highest BCUT2D eigenvalue weighted by molar-refractivity contribution is 5.91. The van der Waals surface area contributed by atoms with Gasteiger partial charge in [-0.3, -0.25) is 10.1 Å². The maximum Gasteiger partial charge on any atom is 0.339 e. The Morgan fingerprint density at radius 3 is 2.53 bits per heavy atom. The minimum absolute atomic E-state index is 0. The molecule has 0 unspecified atom stereocenters. The highest BCUT2D eigenvalue weighted by atomic mass is 16.6. The highest BCUT2D eigenvalue weighted by Crippen LogP contribution is 2.24. The van der Waals surface area contributed by atoms with Crippen LogP contribution in [0.3, 0.4) is 0 Å². The molecule has 82 valence electrons. The van der Waals surface area contributed by atoms with E-state index in [0.29, 0.717) is 0 Å². The van der Waals surface area contributed by atoms with Crippen LogP contribution in [0, 0.1) is 10.1 Å². The van der Waals surface area contributed by atoms with Crippen LogP contribution in [0.5, 0.6) is 5.75 Å². The maximum atomic E-state index is 10.6. The second-order valence-electron chi connectivity index (χ2n) is 2.45. The van der Waals surface area contributed by atoms with Gasteiger partial charge in [-0.2, -0.15) is 0 Å². The number of rotatable bonds is 3. The molecule has 0 aromatic heterocycles. The van der Waals surface area contributed by atoms with Gasteiger partial charge >= 0.3 is 5.97 Å². The predicted molar refractivity (Wildman–Crippen MR) is 50.2 cm³/mol. The molecule has 0 aliphatic rings. The van der Waals surface area contributed by atoms with Crippen molar-refractivity contribution in [1.29, 1.82) is 0 Å². The molecule has 0 aliphatic carbocycles. The maximum absolute atomic E-state index is 10.6. The molecule has 0 aliphatic heterocycles. The summed E-state index contributed by atoms with van der Waals surface area (Å²) in [6.07, 6.45) is 0. The van der Waals surface area contributed by atoms with E-state index in [-0.39, 0.29) is 22.5 Å². The number of aromatic carboxylic acids is 1. The third-order valence-electron chi connectivity index (χ3n) is 1.63. The number of ether oxygens (including phenoxy) is 1. The smallest absolute Gasteiger partial charge is 0.339 e. The molecule has 0 heterocycles. The summed E-state index contributed by atoms with van der Waals surface area (Å²) in [6.45, 7) is 0. The number of nitrogens with zero attached hydrogens (tertiary/aromatic N) is 1. The topological polar surface area (TPSA) is 121 Å². The number of carbonyl (C=O) groups is 1. The molecule has 0 saturated carbocycles. The van der Waals surface area contributed by atoms with Gasteiger partial charge < -0.3 is 15.3 Å². The summed E-state index contributed by atoms with van der Waals surface area (Å²) in [4.78, 5) is 20.3. The number of methoxy groups -OCH3 is 1. The zero-order valence-electron chi connectivity index (χ0n) is 7.76. The zero-order valence-corrected chi connectivity index (χ0v) is 7.76. The zero-order chi connectivity index (χ0) is 10.7. The number of nitro groups is 1. The van der Waals surface area contributed by atoms with Crippen molar-refractivity contribution in [2.75, 3.05) is 7.11 Å². The van der Waals surface area contributed by atoms with E-state index < -0.39 is 10.9 Å². The van der Waals surface area contributed by atoms with Gasteiger partial charge in [0.2, 0.25) is 0 Å². The lowest BCUT2D eigenvalue weighted by molar-refractivity contribution is -0.384. The van der Waals surface area contributed by atoms with E-state index in [1.54, 1.807) is 0 Å². The van der Waals surface area contributed by atoms with Crippen LogP contribution in [0.1, 0.15) is 10.4 Å². The first kappa shape index (κ1) is 12.8. The Morgan fingerprint density at radius 1 is 1.53 bits per heavy atom. The number of carboxylic acids is 1. The van der Waals surface area contributed by atoms with Gasteiger partial charge in [0.25, 0.3) is 5.69 Å².